The summed E-state index contributed by atoms with van der Waals surface area (Å²) in [7, 11) is 1.45. The van der Waals surface area contributed by atoms with E-state index in [9.17, 15) is 22.4 Å². The third-order valence-electron chi connectivity index (χ3n) is 4.94. The predicted molar refractivity (Wildman–Crippen MR) is 105 cm³/mol. The maximum absolute atomic E-state index is 13.2. The number of guanidine groups is 1. The number of hydrogen-bond donors (Lipinski definition) is 2. The summed E-state index contributed by atoms with van der Waals surface area (Å²) >= 11 is 0. The Morgan fingerprint density at radius 1 is 1.13 bits per heavy atom. The second-order valence-electron chi connectivity index (χ2n) is 6.91. The summed E-state index contributed by atoms with van der Waals surface area (Å²) in [6.45, 7) is 0.860. The van der Waals surface area contributed by atoms with Gasteiger partial charge in [0, 0.05) is 26.7 Å². The SMILES string of the molecule is CN=C(NCC(=O)N1CCc2ccccc2C1)NCc1ccc(F)cc1C(F)(F)F. The first-order valence-corrected chi connectivity index (χ1v) is 9.42. The molecule has 0 fully saturated rings. The third kappa shape index (κ3) is 5.28. The zero-order valence-corrected chi connectivity index (χ0v) is 16.4. The molecule has 0 bridgehead atoms. The standard InChI is InChI=1S/C21H22F4N4O/c1-26-20(27-11-15-6-7-17(22)10-18(15)21(23,24)25)28-12-19(30)29-9-8-14-4-2-3-5-16(14)13-29/h2-7,10H,8-9,11-13H2,1H3,(H2,26,27,28). The number of rotatable bonds is 4. The lowest BCUT2D eigenvalue weighted by Gasteiger charge is -2.29. The average molecular weight is 422 g/mol. The Balaban J connectivity index is 1.55. The van der Waals surface area contributed by atoms with Crippen molar-refractivity contribution in [3.8, 4) is 0 Å². The van der Waals surface area contributed by atoms with Gasteiger partial charge in [-0.25, -0.2) is 4.39 Å². The van der Waals surface area contributed by atoms with E-state index in [2.05, 4.69) is 15.6 Å². The first kappa shape index (κ1) is 21.6. The summed E-state index contributed by atoms with van der Waals surface area (Å²) in [5.41, 5.74) is 1.17. The number of benzene rings is 2. The van der Waals surface area contributed by atoms with Crippen molar-refractivity contribution in [1.82, 2.24) is 15.5 Å². The molecule has 2 aromatic carbocycles. The van der Waals surface area contributed by atoms with Crippen molar-refractivity contribution in [3.05, 3.63) is 70.5 Å². The quantitative estimate of drug-likeness (QED) is 0.452. The van der Waals surface area contributed by atoms with Gasteiger partial charge >= 0.3 is 6.18 Å². The molecule has 5 nitrogen and oxygen atoms in total. The minimum absolute atomic E-state index is 0.0443. The van der Waals surface area contributed by atoms with E-state index in [1.54, 1.807) is 4.90 Å². The highest BCUT2D eigenvalue weighted by Gasteiger charge is 2.33. The van der Waals surface area contributed by atoms with Gasteiger partial charge in [0.15, 0.2) is 5.96 Å². The zero-order chi connectivity index (χ0) is 21.7. The lowest BCUT2D eigenvalue weighted by Crippen LogP contribution is -2.45. The van der Waals surface area contributed by atoms with E-state index in [0.717, 1.165) is 24.1 Å². The van der Waals surface area contributed by atoms with Crippen LogP contribution >= 0.6 is 0 Å². The summed E-state index contributed by atoms with van der Waals surface area (Å²) in [6, 6.07) is 10.5. The smallest absolute Gasteiger partial charge is 0.352 e. The van der Waals surface area contributed by atoms with Crippen molar-refractivity contribution in [3.63, 3.8) is 0 Å². The molecule has 0 atom stereocenters. The summed E-state index contributed by atoms with van der Waals surface area (Å²) in [5, 5.41) is 5.56. The molecule has 1 heterocycles. The highest BCUT2D eigenvalue weighted by molar-refractivity contribution is 5.86. The Morgan fingerprint density at radius 2 is 1.87 bits per heavy atom. The zero-order valence-electron chi connectivity index (χ0n) is 16.4. The molecule has 0 radical (unpaired) electrons. The number of nitrogens with one attached hydrogen (secondary N) is 2. The molecule has 1 aliphatic heterocycles. The molecular formula is C21H22F4N4O. The maximum atomic E-state index is 13.2. The normalized spacial score (nSPS) is 14.3. The highest BCUT2D eigenvalue weighted by atomic mass is 19.4. The molecule has 0 aliphatic carbocycles. The monoisotopic (exact) mass is 422 g/mol. The molecule has 160 valence electrons. The first-order chi connectivity index (χ1) is 14.3. The molecule has 1 aliphatic rings. The van der Waals surface area contributed by atoms with Crippen LogP contribution in [-0.4, -0.2) is 36.9 Å². The van der Waals surface area contributed by atoms with E-state index in [0.29, 0.717) is 19.2 Å². The van der Waals surface area contributed by atoms with Gasteiger partial charge in [-0.3, -0.25) is 9.79 Å². The van der Waals surface area contributed by atoms with Gasteiger partial charge < -0.3 is 15.5 Å². The molecule has 2 N–H and O–H groups in total. The van der Waals surface area contributed by atoms with E-state index in [-0.39, 0.29) is 30.5 Å². The van der Waals surface area contributed by atoms with Crippen LogP contribution in [0.5, 0.6) is 0 Å². The van der Waals surface area contributed by atoms with Gasteiger partial charge in [0.25, 0.3) is 0 Å². The molecule has 0 saturated carbocycles. The van der Waals surface area contributed by atoms with Crippen LogP contribution < -0.4 is 10.6 Å². The lowest BCUT2D eigenvalue weighted by atomic mass is 10.00. The van der Waals surface area contributed by atoms with Crippen molar-refractivity contribution >= 4 is 11.9 Å². The van der Waals surface area contributed by atoms with Crippen LogP contribution in [0.25, 0.3) is 0 Å². The van der Waals surface area contributed by atoms with Crippen molar-refractivity contribution < 1.29 is 22.4 Å². The fraction of sp³-hybridized carbons (Fsp3) is 0.333. The third-order valence-corrected chi connectivity index (χ3v) is 4.94. The van der Waals surface area contributed by atoms with Gasteiger partial charge in [-0.1, -0.05) is 30.3 Å². The van der Waals surface area contributed by atoms with Crippen LogP contribution in [0.15, 0.2) is 47.5 Å². The van der Waals surface area contributed by atoms with Crippen LogP contribution in [0, 0.1) is 5.82 Å². The number of halogens is 4. The molecule has 1 amide bonds. The molecule has 0 unspecified atom stereocenters. The summed E-state index contributed by atoms with van der Waals surface area (Å²) in [5.74, 6) is -0.911. The van der Waals surface area contributed by atoms with Crippen LogP contribution in [-0.2, 0) is 30.5 Å². The topological polar surface area (TPSA) is 56.7 Å². The Kier molecular flexibility index (Phi) is 6.59. The lowest BCUT2D eigenvalue weighted by molar-refractivity contribution is -0.138. The van der Waals surface area contributed by atoms with Crippen molar-refractivity contribution in [2.24, 2.45) is 4.99 Å². The van der Waals surface area contributed by atoms with Gasteiger partial charge in [-0.2, -0.15) is 13.2 Å². The largest absolute Gasteiger partial charge is 0.416 e. The predicted octanol–water partition coefficient (Wildman–Crippen LogP) is 3.09. The minimum Gasteiger partial charge on any atom is -0.352 e. The molecule has 0 spiro atoms. The second-order valence-corrected chi connectivity index (χ2v) is 6.91. The van der Waals surface area contributed by atoms with E-state index >= 15 is 0 Å². The van der Waals surface area contributed by atoms with Crippen LogP contribution in [0.1, 0.15) is 22.3 Å². The Morgan fingerprint density at radius 3 is 2.57 bits per heavy atom. The molecule has 0 aromatic heterocycles. The van der Waals surface area contributed by atoms with Crippen LogP contribution in [0.4, 0.5) is 17.6 Å². The second kappa shape index (κ2) is 9.15. The van der Waals surface area contributed by atoms with Gasteiger partial charge in [-0.05, 0) is 35.2 Å². The highest BCUT2D eigenvalue weighted by Crippen LogP contribution is 2.32. The number of carbonyl (C=O) groups excluding carboxylic acids is 1. The summed E-state index contributed by atoms with van der Waals surface area (Å²) < 4.78 is 52.6. The Bertz CT molecular complexity index is 943. The van der Waals surface area contributed by atoms with Crippen LogP contribution in [0.3, 0.4) is 0 Å². The van der Waals surface area contributed by atoms with Crippen molar-refractivity contribution in [1.29, 1.82) is 0 Å². The number of fused-ring (bicyclic) bond motifs is 1. The van der Waals surface area contributed by atoms with Gasteiger partial charge in [0.05, 0.1) is 12.1 Å². The molecule has 9 heteroatoms. The number of hydrogen-bond acceptors (Lipinski definition) is 2. The van der Waals surface area contributed by atoms with Crippen molar-refractivity contribution in [2.75, 3.05) is 20.1 Å². The number of nitrogens with zero attached hydrogens (tertiary/aromatic N) is 2. The number of carbonyl (C=O) groups is 1. The van der Waals surface area contributed by atoms with E-state index in [1.807, 2.05) is 24.3 Å². The molecule has 2 aromatic rings. The summed E-state index contributed by atoms with van der Waals surface area (Å²) in [6.07, 6.45) is -3.89. The molecule has 3 rings (SSSR count). The number of aliphatic imine (C=N–C) groups is 1. The minimum atomic E-state index is -4.67. The van der Waals surface area contributed by atoms with Crippen molar-refractivity contribution in [2.45, 2.75) is 25.7 Å². The molecular weight excluding hydrogens is 400 g/mol. The first-order valence-electron chi connectivity index (χ1n) is 9.42. The van der Waals surface area contributed by atoms with Crippen LogP contribution in [0.2, 0.25) is 0 Å². The summed E-state index contributed by atoms with van der Waals surface area (Å²) in [4.78, 5) is 18.2. The Labute approximate surface area is 171 Å². The fourth-order valence-electron chi connectivity index (χ4n) is 3.35. The molecule has 30 heavy (non-hydrogen) atoms. The maximum Gasteiger partial charge on any atom is 0.416 e. The number of amides is 1. The fourth-order valence-corrected chi connectivity index (χ4v) is 3.35. The molecule has 0 saturated heterocycles. The van der Waals surface area contributed by atoms with E-state index in [4.69, 9.17) is 0 Å². The Hall–Kier alpha value is -3.10. The average Bonchev–Trinajstić information content (AvgIpc) is 2.73. The van der Waals surface area contributed by atoms with Gasteiger partial charge in [0.2, 0.25) is 5.91 Å². The van der Waals surface area contributed by atoms with Gasteiger partial charge in [0.1, 0.15) is 5.82 Å². The number of alkyl halides is 3. The van der Waals surface area contributed by atoms with E-state index in [1.165, 1.54) is 12.6 Å². The van der Waals surface area contributed by atoms with Gasteiger partial charge in [-0.15, -0.1) is 0 Å². The van der Waals surface area contributed by atoms with E-state index < -0.39 is 17.6 Å².